The Morgan fingerprint density at radius 3 is 2.19 bits per heavy atom. The molecule has 0 aliphatic carbocycles. The zero-order chi connectivity index (χ0) is 19.1. The van der Waals surface area contributed by atoms with Crippen molar-refractivity contribution < 1.29 is 4.79 Å². The first-order chi connectivity index (χ1) is 12.4. The van der Waals surface area contributed by atoms with Crippen LogP contribution in [-0.2, 0) is 0 Å². The molecular formula is C22H37N3O. The Kier molecular flexibility index (Phi) is 7.95. The third kappa shape index (κ3) is 5.73. The molecule has 0 saturated carbocycles. The van der Waals surface area contributed by atoms with Crippen LogP contribution in [0.15, 0.2) is 18.2 Å². The molecule has 0 spiro atoms. The summed E-state index contributed by atoms with van der Waals surface area (Å²) in [5.74, 6) is 1.36. The Hall–Kier alpha value is -1.55. The number of carbonyl (C=O) groups is 1. The smallest absolute Gasteiger partial charge is 0.319 e. The van der Waals surface area contributed by atoms with Gasteiger partial charge in [0, 0.05) is 12.2 Å². The largest absolute Gasteiger partial charge is 0.338 e. The monoisotopic (exact) mass is 359 g/mol. The number of hydrogen-bond donors (Lipinski definition) is 2. The third-order valence-electron chi connectivity index (χ3n) is 5.41. The Morgan fingerprint density at radius 1 is 1.12 bits per heavy atom. The highest BCUT2D eigenvalue weighted by Crippen LogP contribution is 2.32. The second-order valence-electron chi connectivity index (χ2n) is 8.24. The van der Waals surface area contributed by atoms with Gasteiger partial charge in [0.2, 0.25) is 0 Å². The predicted octanol–water partition coefficient (Wildman–Crippen LogP) is 5.18. The molecule has 1 aliphatic rings. The number of benzene rings is 1. The number of hydrogen-bond acceptors (Lipinski definition) is 2. The average molecular weight is 360 g/mol. The van der Waals surface area contributed by atoms with E-state index >= 15 is 0 Å². The van der Waals surface area contributed by atoms with Gasteiger partial charge in [0.25, 0.3) is 0 Å². The van der Waals surface area contributed by atoms with E-state index in [9.17, 15) is 4.79 Å². The molecular weight excluding hydrogens is 322 g/mol. The maximum absolute atomic E-state index is 12.5. The summed E-state index contributed by atoms with van der Waals surface area (Å²) in [6, 6.07) is 6.26. The van der Waals surface area contributed by atoms with E-state index in [1.165, 1.54) is 36.9 Å². The van der Waals surface area contributed by atoms with Gasteiger partial charge >= 0.3 is 6.03 Å². The molecule has 0 radical (unpaired) electrons. The van der Waals surface area contributed by atoms with Crippen LogP contribution in [0.2, 0.25) is 0 Å². The average Bonchev–Trinajstić information content (AvgIpc) is 2.61. The van der Waals surface area contributed by atoms with E-state index in [0.717, 1.165) is 25.3 Å². The summed E-state index contributed by atoms with van der Waals surface area (Å²) in [5.41, 5.74) is 3.41. The number of nitrogens with one attached hydrogen (secondary N) is 2. The van der Waals surface area contributed by atoms with Crippen molar-refractivity contribution in [1.29, 1.82) is 0 Å². The summed E-state index contributed by atoms with van der Waals surface area (Å²) in [7, 11) is 0. The van der Waals surface area contributed by atoms with Crippen LogP contribution in [0.1, 0.15) is 76.8 Å². The fourth-order valence-corrected chi connectivity index (χ4v) is 3.82. The van der Waals surface area contributed by atoms with Gasteiger partial charge in [0.1, 0.15) is 0 Å². The van der Waals surface area contributed by atoms with E-state index in [0.29, 0.717) is 17.8 Å². The lowest BCUT2D eigenvalue weighted by atomic mass is 9.93. The van der Waals surface area contributed by atoms with Crippen LogP contribution in [0.4, 0.5) is 10.5 Å². The first-order valence-corrected chi connectivity index (χ1v) is 10.3. The van der Waals surface area contributed by atoms with Gasteiger partial charge < -0.3 is 15.5 Å². The highest BCUT2D eigenvalue weighted by atomic mass is 16.2. The van der Waals surface area contributed by atoms with Gasteiger partial charge in [0.15, 0.2) is 0 Å². The van der Waals surface area contributed by atoms with E-state index in [1.54, 1.807) is 0 Å². The molecule has 1 heterocycles. The van der Waals surface area contributed by atoms with Crippen molar-refractivity contribution >= 4 is 11.7 Å². The Balaban J connectivity index is 1.92. The van der Waals surface area contributed by atoms with Gasteiger partial charge in [-0.2, -0.15) is 0 Å². The number of para-hydroxylation sites is 1. The Labute approximate surface area is 159 Å². The normalized spacial score (nSPS) is 16.3. The van der Waals surface area contributed by atoms with Gasteiger partial charge in [-0.05, 0) is 67.8 Å². The van der Waals surface area contributed by atoms with Crippen LogP contribution in [0.3, 0.4) is 0 Å². The van der Waals surface area contributed by atoms with Crippen molar-refractivity contribution in [2.45, 2.75) is 65.7 Å². The maximum Gasteiger partial charge on any atom is 0.319 e. The highest BCUT2D eigenvalue weighted by molar-refractivity contribution is 5.91. The number of amides is 2. The van der Waals surface area contributed by atoms with Gasteiger partial charge in [-0.15, -0.1) is 0 Å². The molecule has 1 aromatic rings. The van der Waals surface area contributed by atoms with E-state index in [-0.39, 0.29) is 6.03 Å². The van der Waals surface area contributed by atoms with Crippen LogP contribution in [-0.4, -0.2) is 37.1 Å². The minimum Gasteiger partial charge on any atom is -0.338 e. The molecule has 1 aliphatic heterocycles. The second-order valence-corrected chi connectivity index (χ2v) is 8.24. The second kappa shape index (κ2) is 9.96. The van der Waals surface area contributed by atoms with Gasteiger partial charge in [0.05, 0.1) is 0 Å². The molecule has 2 N–H and O–H groups in total. The number of piperidine rings is 1. The number of likely N-dealkylation sites (tertiary alicyclic amines) is 1. The highest BCUT2D eigenvalue weighted by Gasteiger charge is 2.20. The molecule has 1 aromatic carbocycles. The number of anilines is 1. The summed E-state index contributed by atoms with van der Waals surface area (Å²) in [6.07, 6.45) is 3.58. The zero-order valence-electron chi connectivity index (χ0n) is 17.3. The van der Waals surface area contributed by atoms with Crippen molar-refractivity contribution in [2.24, 2.45) is 5.92 Å². The molecule has 26 heavy (non-hydrogen) atoms. The van der Waals surface area contributed by atoms with Gasteiger partial charge in [-0.1, -0.05) is 52.8 Å². The lowest BCUT2D eigenvalue weighted by molar-refractivity contribution is 0.182. The number of rotatable bonds is 7. The summed E-state index contributed by atoms with van der Waals surface area (Å²) in [6.45, 7) is 15.2. The molecule has 2 rings (SSSR count). The summed E-state index contributed by atoms with van der Waals surface area (Å²) in [4.78, 5) is 15.1. The van der Waals surface area contributed by atoms with Crippen molar-refractivity contribution in [3.05, 3.63) is 29.3 Å². The quantitative estimate of drug-likeness (QED) is 0.705. The molecule has 4 nitrogen and oxygen atoms in total. The lowest BCUT2D eigenvalue weighted by Crippen LogP contribution is -2.40. The Morgan fingerprint density at radius 2 is 1.69 bits per heavy atom. The van der Waals surface area contributed by atoms with Crippen LogP contribution in [0, 0.1) is 5.92 Å². The number of nitrogens with zero attached hydrogens (tertiary/aromatic N) is 1. The van der Waals surface area contributed by atoms with Crippen LogP contribution in [0.5, 0.6) is 0 Å². The molecule has 2 amide bonds. The number of urea groups is 1. The molecule has 4 heteroatoms. The number of carbonyl (C=O) groups excluding carboxylic acids is 1. The summed E-state index contributed by atoms with van der Waals surface area (Å²) >= 11 is 0. The van der Waals surface area contributed by atoms with Crippen LogP contribution >= 0.6 is 0 Å². The zero-order valence-corrected chi connectivity index (χ0v) is 17.3. The fraction of sp³-hybridized carbons (Fsp3) is 0.682. The van der Waals surface area contributed by atoms with Crippen LogP contribution < -0.4 is 10.6 Å². The van der Waals surface area contributed by atoms with E-state index in [4.69, 9.17) is 0 Å². The topological polar surface area (TPSA) is 44.4 Å². The molecule has 146 valence electrons. The van der Waals surface area contributed by atoms with Gasteiger partial charge in [-0.25, -0.2) is 4.79 Å². The minimum absolute atomic E-state index is 0.0732. The van der Waals surface area contributed by atoms with Gasteiger partial charge in [-0.3, -0.25) is 0 Å². The van der Waals surface area contributed by atoms with Crippen molar-refractivity contribution in [2.75, 3.05) is 31.5 Å². The fourth-order valence-electron chi connectivity index (χ4n) is 3.82. The van der Waals surface area contributed by atoms with Crippen LogP contribution in [0.25, 0.3) is 0 Å². The molecule has 1 saturated heterocycles. The van der Waals surface area contributed by atoms with E-state index in [2.05, 4.69) is 68.4 Å². The van der Waals surface area contributed by atoms with Crippen molar-refractivity contribution in [3.63, 3.8) is 0 Å². The maximum atomic E-state index is 12.5. The Bertz CT molecular complexity index is 549. The first-order valence-electron chi connectivity index (χ1n) is 10.3. The third-order valence-corrected chi connectivity index (χ3v) is 5.41. The molecule has 0 atom stereocenters. The molecule has 0 unspecified atom stereocenters. The molecule has 0 bridgehead atoms. The van der Waals surface area contributed by atoms with Crippen molar-refractivity contribution in [3.8, 4) is 0 Å². The SMILES string of the molecule is CCCN1CCC(CNC(=O)Nc2c(C(C)C)cccc2C(C)C)CC1. The predicted molar refractivity (Wildman–Crippen MR) is 111 cm³/mol. The molecule has 0 aromatic heterocycles. The summed E-state index contributed by atoms with van der Waals surface area (Å²) < 4.78 is 0. The standard InChI is InChI=1S/C22H37N3O/c1-6-12-25-13-10-18(11-14-25)15-23-22(26)24-21-19(16(2)3)8-7-9-20(21)17(4)5/h7-9,16-18H,6,10-15H2,1-5H3,(H2,23,24,26). The van der Waals surface area contributed by atoms with E-state index < -0.39 is 0 Å². The minimum atomic E-state index is -0.0732. The van der Waals surface area contributed by atoms with Crippen molar-refractivity contribution in [1.82, 2.24) is 10.2 Å². The van der Waals surface area contributed by atoms with E-state index in [1.807, 2.05) is 0 Å². The lowest BCUT2D eigenvalue weighted by Gasteiger charge is -2.31. The first kappa shape index (κ1) is 20.8. The molecule has 1 fully saturated rings. The summed E-state index contributed by atoms with van der Waals surface area (Å²) in [5, 5.41) is 6.26.